The number of aliphatic hydroxyl groups excluding tert-OH is 2. The highest BCUT2D eigenvalue weighted by molar-refractivity contribution is 7.85. The summed E-state index contributed by atoms with van der Waals surface area (Å²) in [6.45, 7) is 1.19. The molecule has 3 N–H and O–H groups in total. The van der Waals surface area contributed by atoms with E-state index in [1.54, 1.807) is 0 Å². The maximum absolute atomic E-state index is 12.4. The molecule has 0 aromatic carbocycles. The first-order valence-corrected chi connectivity index (χ1v) is 10.1. The summed E-state index contributed by atoms with van der Waals surface area (Å²) in [4.78, 5) is 12.4. The number of likely N-dealkylation sites (N-methyl/N-ethyl adjacent to an activating group) is 1. The monoisotopic (exact) mass is 414 g/mol. The second kappa shape index (κ2) is 10.1. The molecule has 0 aromatic heterocycles. The first-order valence-electron chi connectivity index (χ1n) is 8.52. The molecule has 1 heterocycles. The summed E-state index contributed by atoms with van der Waals surface area (Å²) in [5, 5.41) is 22.6. The molecule has 1 amide bonds. The lowest BCUT2D eigenvalue weighted by atomic mass is 9.98. The van der Waals surface area contributed by atoms with Crippen molar-refractivity contribution in [2.75, 3.05) is 53.7 Å². The van der Waals surface area contributed by atoms with Crippen LogP contribution in [0.15, 0.2) is 0 Å². The number of aliphatic hydroxyl groups is 2. The van der Waals surface area contributed by atoms with Crippen LogP contribution < -0.4 is 5.32 Å². The first kappa shape index (κ1) is 24.2. The van der Waals surface area contributed by atoms with Crippen molar-refractivity contribution in [3.63, 3.8) is 0 Å². The first-order chi connectivity index (χ1) is 12.4. The fraction of sp³-hybridized carbons (Fsp3) is 0.933. The molecule has 0 aromatic rings. The van der Waals surface area contributed by atoms with Crippen molar-refractivity contribution in [3.8, 4) is 0 Å². The Morgan fingerprint density at radius 1 is 1.19 bits per heavy atom. The highest BCUT2D eigenvalue weighted by Crippen LogP contribution is 2.23. The molecular formula is C15H30N2O9S. The number of carbonyl (C=O) groups excluding carboxylic acids is 1. The van der Waals surface area contributed by atoms with Crippen molar-refractivity contribution < 1.29 is 46.7 Å². The highest BCUT2D eigenvalue weighted by Gasteiger charge is 2.48. The Balaban J connectivity index is 2.54. The van der Waals surface area contributed by atoms with Gasteiger partial charge in [-0.25, -0.2) is 8.42 Å². The zero-order valence-electron chi connectivity index (χ0n) is 16.0. The van der Waals surface area contributed by atoms with Crippen LogP contribution in [-0.4, -0.2) is 118 Å². The normalized spacial score (nSPS) is 29.5. The Morgan fingerprint density at radius 2 is 1.81 bits per heavy atom. The van der Waals surface area contributed by atoms with Crippen LogP contribution in [-0.2, 0) is 29.1 Å². The Bertz CT molecular complexity index is 584. The number of quaternary nitrogens is 1. The van der Waals surface area contributed by atoms with Gasteiger partial charge in [0.25, 0.3) is 5.91 Å². The molecule has 160 valence electrons. The average molecular weight is 414 g/mol. The van der Waals surface area contributed by atoms with E-state index < -0.39 is 52.5 Å². The molecule has 11 nitrogen and oxygen atoms in total. The summed E-state index contributed by atoms with van der Waals surface area (Å²) in [7, 11) is 2.03. The molecule has 0 spiro atoms. The zero-order chi connectivity index (χ0) is 20.8. The Hall–Kier alpha value is -0.860. The fourth-order valence-corrected chi connectivity index (χ4v) is 3.35. The van der Waals surface area contributed by atoms with Crippen LogP contribution >= 0.6 is 0 Å². The molecule has 0 radical (unpaired) electrons. The molecule has 2 unspecified atom stereocenters. The second-order valence-electron chi connectivity index (χ2n) is 7.13. The molecule has 0 saturated carbocycles. The van der Waals surface area contributed by atoms with Gasteiger partial charge >= 0.3 is 0 Å². The Morgan fingerprint density at radius 3 is 2.33 bits per heavy atom. The van der Waals surface area contributed by atoms with Gasteiger partial charge in [-0.1, -0.05) is 0 Å². The van der Waals surface area contributed by atoms with Gasteiger partial charge in [-0.05, 0) is 0 Å². The summed E-state index contributed by atoms with van der Waals surface area (Å²) in [5.74, 6) is -0.956. The molecule has 5 atom stereocenters. The van der Waals surface area contributed by atoms with Crippen LogP contribution in [0.5, 0.6) is 0 Å². The van der Waals surface area contributed by atoms with Crippen molar-refractivity contribution in [2.45, 2.75) is 37.1 Å². The van der Waals surface area contributed by atoms with Crippen LogP contribution in [0.2, 0.25) is 0 Å². The van der Waals surface area contributed by atoms with E-state index in [0.29, 0.717) is 17.6 Å². The third-order valence-electron chi connectivity index (χ3n) is 4.48. The lowest BCUT2D eigenvalue weighted by Gasteiger charge is -2.40. The number of amides is 1. The molecule has 27 heavy (non-hydrogen) atoms. The van der Waals surface area contributed by atoms with Gasteiger partial charge in [-0.2, -0.15) is 0 Å². The average Bonchev–Trinajstić information content (AvgIpc) is 2.55. The molecular weight excluding hydrogens is 384 g/mol. The number of hydrogen-bond acceptors (Lipinski definition) is 9. The number of carbonyl (C=O) groups is 1. The van der Waals surface area contributed by atoms with Gasteiger partial charge < -0.3 is 38.8 Å². The van der Waals surface area contributed by atoms with E-state index >= 15 is 0 Å². The van der Waals surface area contributed by atoms with E-state index in [2.05, 4.69) is 5.32 Å². The van der Waals surface area contributed by atoms with Crippen LogP contribution in [0, 0.1) is 0 Å². The number of hydrogen-bond donors (Lipinski definition) is 3. The summed E-state index contributed by atoms with van der Waals surface area (Å²) in [5.41, 5.74) is 0. The van der Waals surface area contributed by atoms with Gasteiger partial charge in [0.1, 0.15) is 18.3 Å². The van der Waals surface area contributed by atoms with Crippen molar-refractivity contribution >= 4 is 16.0 Å². The maximum Gasteiger partial charge on any atom is 0.252 e. The van der Waals surface area contributed by atoms with Crippen LogP contribution in [0.4, 0.5) is 0 Å². The third kappa shape index (κ3) is 7.58. The van der Waals surface area contributed by atoms with E-state index in [1.807, 2.05) is 14.1 Å². The van der Waals surface area contributed by atoms with Gasteiger partial charge in [0.15, 0.2) is 12.4 Å². The summed E-state index contributed by atoms with van der Waals surface area (Å²) >= 11 is 0. The minimum Gasteiger partial charge on any atom is -0.748 e. The number of nitrogens with one attached hydrogen (secondary N) is 1. The van der Waals surface area contributed by atoms with E-state index in [0.717, 1.165) is 0 Å². The van der Waals surface area contributed by atoms with Crippen molar-refractivity contribution in [2.24, 2.45) is 0 Å². The van der Waals surface area contributed by atoms with Crippen molar-refractivity contribution in [1.82, 2.24) is 5.32 Å². The molecule has 1 aliphatic rings. The molecule has 1 fully saturated rings. The van der Waals surface area contributed by atoms with Gasteiger partial charge in [-0.3, -0.25) is 4.79 Å². The standard InChI is InChI=1S/C15H30N2O9S/c1-17(2,7-5-9-27(21,22)23)8-6-16-14(20)13-12(24-3)10(18)11(19)15(25-4)26-13/h10-13,15,18-19H,5-9H2,1-4H3,(H-,16,20,21,22,23)/t10-,11-,12+,13?,15?/m1/s1. The Labute approximate surface area is 159 Å². The quantitative estimate of drug-likeness (QED) is 0.254. The van der Waals surface area contributed by atoms with Gasteiger partial charge in [-0.15, -0.1) is 0 Å². The summed E-state index contributed by atoms with van der Waals surface area (Å²) in [6.07, 6.45) is -5.87. The van der Waals surface area contributed by atoms with Crippen LogP contribution in [0.3, 0.4) is 0 Å². The number of ether oxygens (including phenoxy) is 3. The van der Waals surface area contributed by atoms with Crippen molar-refractivity contribution in [3.05, 3.63) is 0 Å². The van der Waals surface area contributed by atoms with E-state index in [9.17, 15) is 28.0 Å². The molecule has 1 rings (SSSR count). The smallest absolute Gasteiger partial charge is 0.252 e. The second-order valence-corrected chi connectivity index (χ2v) is 8.66. The fourth-order valence-electron chi connectivity index (χ4n) is 2.87. The molecule has 0 aliphatic carbocycles. The highest BCUT2D eigenvalue weighted by atomic mass is 32.2. The Kier molecular flexibility index (Phi) is 9.02. The third-order valence-corrected chi connectivity index (χ3v) is 5.27. The minimum atomic E-state index is -4.24. The molecule has 12 heteroatoms. The van der Waals surface area contributed by atoms with E-state index in [1.165, 1.54) is 14.2 Å². The maximum atomic E-state index is 12.4. The summed E-state index contributed by atoms with van der Waals surface area (Å²) < 4.78 is 47.8. The van der Waals surface area contributed by atoms with Crippen LogP contribution in [0.25, 0.3) is 0 Å². The summed E-state index contributed by atoms with van der Waals surface area (Å²) in [6, 6.07) is 0. The lowest BCUT2D eigenvalue weighted by molar-refractivity contribution is -0.889. The van der Waals surface area contributed by atoms with E-state index in [-0.39, 0.29) is 13.0 Å². The van der Waals surface area contributed by atoms with Gasteiger partial charge in [0, 0.05) is 26.4 Å². The SMILES string of the molecule is COC1OC(C(=O)NCC[N+](C)(C)CCCS(=O)(=O)[O-])[C@@H](OC)[C@H](O)[C@H]1O. The molecule has 0 bridgehead atoms. The lowest BCUT2D eigenvalue weighted by Crippen LogP contribution is -2.62. The minimum absolute atomic E-state index is 0.226. The van der Waals surface area contributed by atoms with Gasteiger partial charge in [0.05, 0.1) is 43.8 Å². The predicted octanol–water partition coefficient (Wildman–Crippen LogP) is -2.78. The zero-order valence-corrected chi connectivity index (χ0v) is 16.8. The largest absolute Gasteiger partial charge is 0.748 e. The molecule has 1 saturated heterocycles. The number of methoxy groups -OCH3 is 2. The predicted molar refractivity (Wildman–Crippen MR) is 92.5 cm³/mol. The van der Waals surface area contributed by atoms with Crippen molar-refractivity contribution in [1.29, 1.82) is 0 Å². The molecule has 1 aliphatic heterocycles. The van der Waals surface area contributed by atoms with Crippen LogP contribution in [0.1, 0.15) is 6.42 Å². The van der Waals surface area contributed by atoms with Gasteiger partial charge in [0.2, 0.25) is 0 Å². The topological polar surface area (TPSA) is 154 Å². The van der Waals surface area contributed by atoms with E-state index in [4.69, 9.17) is 14.2 Å². The number of nitrogens with zero attached hydrogens (tertiary/aromatic N) is 1. The number of rotatable bonds is 10.